The summed E-state index contributed by atoms with van der Waals surface area (Å²) in [5, 5.41) is 2.66. The quantitative estimate of drug-likeness (QED) is 0.385. The summed E-state index contributed by atoms with van der Waals surface area (Å²) < 4.78 is 37.6. The number of carbonyl (C=O) groups is 3. The van der Waals surface area contributed by atoms with Gasteiger partial charge in [0, 0.05) is 18.2 Å². The second-order valence-corrected chi connectivity index (χ2v) is 9.94. The SMILES string of the molecule is COC(=O)c1cc(NC(=O)CCc2ccc(S(=O)(=O)N[C@H](C)c3ccccc3)cc2)cc(C(=O)OC)c1. The van der Waals surface area contributed by atoms with E-state index < -0.39 is 28.0 Å². The topological polar surface area (TPSA) is 128 Å². The van der Waals surface area contributed by atoms with Gasteiger partial charge in [0.05, 0.1) is 30.2 Å². The van der Waals surface area contributed by atoms with Crippen LogP contribution in [0.5, 0.6) is 0 Å². The third kappa shape index (κ3) is 7.48. The van der Waals surface area contributed by atoms with Gasteiger partial charge in [0.15, 0.2) is 0 Å². The van der Waals surface area contributed by atoms with E-state index in [-0.39, 0.29) is 34.0 Å². The van der Waals surface area contributed by atoms with Crippen molar-refractivity contribution < 1.29 is 32.3 Å². The first kappa shape index (κ1) is 27.6. The average molecular weight is 525 g/mol. The molecule has 194 valence electrons. The van der Waals surface area contributed by atoms with Gasteiger partial charge in [0.1, 0.15) is 0 Å². The molecule has 1 amide bonds. The van der Waals surface area contributed by atoms with Gasteiger partial charge < -0.3 is 14.8 Å². The maximum Gasteiger partial charge on any atom is 0.337 e. The molecule has 0 spiro atoms. The fourth-order valence-electron chi connectivity index (χ4n) is 3.60. The van der Waals surface area contributed by atoms with E-state index in [2.05, 4.69) is 10.0 Å². The highest BCUT2D eigenvalue weighted by Gasteiger charge is 2.19. The van der Waals surface area contributed by atoms with E-state index >= 15 is 0 Å². The Balaban J connectivity index is 1.62. The number of nitrogens with one attached hydrogen (secondary N) is 2. The molecule has 0 aliphatic rings. The molecule has 3 rings (SSSR count). The molecule has 3 aromatic carbocycles. The largest absolute Gasteiger partial charge is 0.465 e. The normalized spacial score (nSPS) is 11.9. The van der Waals surface area contributed by atoms with E-state index in [1.807, 2.05) is 30.3 Å². The van der Waals surface area contributed by atoms with Crippen molar-refractivity contribution >= 4 is 33.6 Å². The van der Waals surface area contributed by atoms with Gasteiger partial charge >= 0.3 is 11.9 Å². The predicted molar refractivity (Wildman–Crippen MR) is 138 cm³/mol. The highest BCUT2D eigenvalue weighted by Crippen LogP contribution is 2.19. The number of amides is 1. The number of benzene rings is 3. The first-order valence-electron chi connectivity index (χ1n) is 11.4. The van der Waals surface area contributed by atoms with Crippen molar-refractivity contribution in [1.82, 2.24) is 4.72 Å². The average Bonchev–Trinajstić information content (AvgIpc) is 2.91. The second kappa shape index (κ2) is 12.3. The summed E-state index contributed by atoms with van der Waals surface area (Å²) in [4.78, 5) is 36.5. The number of aryl methyl sites for hydroxylation is 1. The zero-order chi connectivity index (χ0) is 27.0. The molecular formula is C27H28N2O7S. The maximum absolute atomic E-state index is 12.7. The van der Waals surface area contributed by atoms with Crippen LogP contribution in [0.3, 0.4) is 0 Å². The molecule has 0 bridgehead atoms. The molecule has 10 heteroatoms. The Hall–Kier alpha value is -4.02. The Bertz CT molecular complexity index is 1340. The Morgan fingerprint density at radius 2 is 1.41 bits per heavy atom. The van der Waals surface area contributed by atoms with Crippen LogP contribution in [0.15, 0.2) is 77.7 Å². The van der Waals surface area contributed by atoms with Crippen LogP contribution in [-0.2, 0) is 30.7 Å². The van der Waals surface area contributed by atoms with Crippen LogP contribution in [0.1, 0.15) is 51.2 Å². The standard InChI is InChI=1S/C27H28N2O7S/c1-18(20-7-5-4-6-8-20)29-37(33,34)24-12-9-19(10-13-24)11-14-25(30)28-23-16-21(26(31)35-2)15-22(17-23)27(32)36-3/h4-10,12-13,15-18,29H,11,14H2,1-3H3,(H,28,30)/t18-/m1/s1. The van der Waals surface area contributed by atoms with E-state index in [0.29, 0.717) is 6.42 Å². The van der Waals surface area contributed by atoms with Gasteiger partial charge in [-0.3, -0.25) is 4.79 Å². The third-order valence-electron chi connectivity index (χ3n) is 5.56. The van der Waals surface area contributed by atoms with Gasteiger partial charge in [-0.1, -0.05) is 42.5 Å². The van der Waals surface area contributed by atoms with Gasteiger partial charge in [0.25, 0.3) is 0 Å². The monoisotopic (exact) mass is 524 g/mol. The van der Waals surface area contributed by atoms with Crippen LogP contribution in [0.4, 0.5) is 5.69 Å². The van der Waals surface area contributed by atoms with E-state index in [1.54, 1.807) is 19.1 Å². The fourth-order valence-corrected chi connectivity index (χ4v) is 4.83. The molecule has 1 atom stereocenters. The van der Waals surface area contributed by atoms with Gasteiger partial charge in [-0.2, -0.15) is 0 Å². The summed E-state index contributed by atoms with van der Waals surface area (Å²) in [5.74, 6) is -1.68. The molecule has 3 aromatic rings. The number of rotatable bonds is 10. The van der Waals surface area contributed by atoms with Crippen molar-refractivity contribution in [1.29, 1.82) is 0 Å². The number of anilines is 1. The van der Waals surface area contributed by atoms with Gasteiger partial charge in [0.2, 0.25) is 15.9 Å². The Morgan fingerprint density at radius 3 is 1.95 bits per heavy atom. The fraction of sp³-hybridized carbons (Fsp3) is 0.222. The van der Waals surface area contributed by atoms with Crippen molar-refractivity contribution in [2.45, 2.75) is 30.7 Å². The Morgan fingerprint density at radius 1 is 0.838 bits per heavy atom. The highest BCUT2D eigenvalue weighted by atomic mass is 32.2. The van der Waals surface area contributed by atoms with Crippen molar-refractivity contribution in [3.05, 3.63) is 95.1 Å². The minimum absolute atomic E-state index is 0.0887. The smallest absolute Gasteiger partial charge is 0.337 e. The second-order valence-electron chi connectivity index (χ2n) is 8.23. The first-order chi connectivity index (χ1) is 17.6. The maximum atomic E-state index is 12.7. The zero-order valence-corrected chi connectivity index (χ0v) is 21.5. The lowest BCUT2D eigenvalue weighted by atomic mass is 10.1. The van der Waals surface area contributed by atoms with E-state index in [4.69, 9.17) is 9.47 Å². The molecule has 0 aliphatic heterocycles. The summed E-state index contributed by atoms with van der Waals surface area (Å²) in [6, 6.07) is 19.3. The number of methoxy groups -OCH3 is 2. The molecule has 2 N–H and O–H groups in total. The van der Waals surface area contributed by atoms with E-state index in [1.165, 1.54) is 44.6 Å². The van der Waals surface area contributed by atoms with Crippen LogP contribution in [0.2, 0.25) is 0 Å². The summed E-state index contributed by atoms with van der Waals surface area (Å²) in [7, 11) is -1.31. The van der Waals surface area contributed by atoms with Crippen molar-refractivity contribution in [2.75, 3.05) is 19.5 Å². The molecule has 0 unspecified atom stereocenters. The van der Waals surface area contributed by atoms with E-state index in [0.717, 1.165) is 11.1 Å². The molecule has 0 fully saturated rings. The highest BCUT2D eigenvalue weighted by molar-refractivity contribution is 7.89. The Labute approximate surface area is 215 Å². The molecule has 0 radical (unpaired) electrons. The molecule has 0 heterocycles. The summed E-state index contributed by atoms with van der Waals surface area (Å²) in [6.45, 7) is 1.77. The minimum Gasteiger partial charge on any atom is -0.465 e. The molecule has 0 aliphatic carbocycles. The lowest BCUT2D eigenvalue weighted by Crippen LogP contribution is -2.26. The molecule has 0 aromatic heterocycles. The number of ether oxygens (including phenoxy) is 2. The third-order valence-corrected chi connectivity index (χ3v) is 7.12. The molecular weight excluding hydrogens is 496 g/mol. The number of hydrogen-bond donors (Lipinski definition) is 2. The van der Waals surface area contributed by atoms with Crippen LogP contribution in [0.25, 0.3) is 0 Å². The summed E-state index contributed by atoms with van der Waals surface area (Å²) in [6.07, 6.45) is 0.436. The van der Waals surface area contributed by atoms with Gasteiger partial charge in [-0.25, -0.2) is 22.7 Å². The van der Waals surface area contributed by atoms with Crippen LogP contribution < -0.4 is 10.0 Å². The predicted octanol–water partition coefficient (Wildman–Crippen LogP) is 3.87. The first-order valence-corrected chi connectivity index (χ1v) is 12.9. The van der Waals surface area contributed by atoms with E-state index in [9.17, 15) is 22.8 Å². The van der Waals surface area contributed by atoms with Crippen LogP contribution in [0, 0.1) is 0 Å². The van der Waals surface area contributed by atoms with Crippen molar-refractivity contribution in [2.24, 2.45) is 0 Å². The van der Waals surface area contributed by atoms with Crippen LogP contribution in [-0.4, -0.2) is 40.5 Å². The number of carbonyl (C=O) groups excluding carboxylic acids is 3. The lowest BCUT2D eigenvalue weighted by molar-refractivity contribution is -0.116. The Kier molecular flexibility index (Phi) is 9.15. The molecule has 37 heavy (non-hydrogen) atoms. The molecule has 0 saturated carbocycles. The van der Waals surface area contributed by atoms with Gasteiger partial charge in [-0.15, -0.1) is 0 Å². The summed E-state index contributed by atoms with van der Waals surface area (Å²) >= 11 is 0. The van der Waals surface area contributed by atoms with Crippen molar-refractivity contribution in [3.8, 4) is 0 Å². The van der Waals surface area contributed by atoms with Crippen LogP contribution >= 0.6 is 0 Å². The summed E-state index contributed by atoms with van der Waals surface area (Å²) in [5.41, 5.74) is 2.04. The lowest BCUT2D eigenvalue weighted by Gasteiger charge is -2.15. The number of hydrogen-bond acceptors (Lipinski definition) is 7. The van der Waals surface area contributed by atoms with Crippen molar-refractivity contribution in [3.63, 3.8) is 0 Å². The number of esters is 2. The minimum atomic E-state index is -3.73. The van der Waals surface area contributed by atoms with Gasteiger partial charge in [-0.05, 0) is 54.8 Å². The zero-order valence-electron chi connectivity index (χ0n) is 20.7. The molecule has 0 saturated heterocycles. The molecule has 9 nitrogen and oxygen atoms in total. The number of sulfonamides is 1.